The summed E-state index contributed by atoms with van der Waals surface area (Å²) in [5.74, 6) is 0. The number of carbonyl (C=O) groups excluding carboxylic acids is 1. The predicted molar refractivity (Wildman–Crippen MR) is 91.3 cm³/mol. The van der Waals surface area contributed by atoms with Crippen LogP contribution in [-0.2, 0) is 16.0 Å². The van der Waals surface area contributed by atoms with E-state index in [4.69, 9.17) is 9.57 Å². The lowest BCUT2D eigenvalue weighted by Gasteiger charge is -2.31. The van der Waals surface area contributed by atoms with Crippen molar-refractivity contribution in [2.45, 2.75) is 32.8 Å². The number of rotatable bonds is 6. The van der Waals surface area contributed by atoms with Gasteiger partial charge in [-0.25, -0.2) is 4.79 Å². The van der Waals surface area contributed by atoms with Crippen LogP contribution in [0.25, 0.3) is 0 Å². The second-order valence-corrected chi connectivity index (χ2v) is 5.84. The van der Waals surface area contributed by atoms with Crippen LogP contribution in [0, 0.1) is 0 Å². The molecular formula is C19H23NO3. The molecule has 0 atom stereocenters. The van der Waals surface area contributed by atoms with E-state index in [0.717, 1.165) is 5.56 Å². The zero-order valence-corrected chi connectivity index (χ0v) is 13.9. The first-order valence-corrected chi connectivity index (χ1v) is 7.77. The number of hydrogen-bond acceptors (Lipinski definition) is 3. The van der Waals surface area contributed by atoms with E-state index in [-0.39, 0.29) is 0 Å². The molecule has 0 fully saturated rings. The number of para-hydroxylation sites is 1. The Bertz CT molecular complexity index is 611. The molecule has 4 heteroatoms. The Morgan fingerprint density at radius 3 is 2.13 bits per heavy atom. The predicted octanol–water partition coefficient (Wildman–Crippen LogP) is 4.60. The van der Waals surface area contributed by atoms with E-state index in [0.29, 0.717) is 18.7 Å². The van der Waals surface area contributed by atoms with E-state index >= 15 is 0 Å². The van der Waals surface area contributed by atoms with Gasteiger partial charge in [0.15, 0.2) is 0 Å². The molecule has 0 unspecified atom stereocenters. The SMILES string of the molecule is CCOC(=O)N(OC(C)(C)Cc1ccccc1)c1ccccc1. The zero-order chi connectivity index (χ0) is 16.7. The van der Waals surface area contributed by atoms with Crippen LogP contribution in [-0.4, -0.2) is 18.3 Å². The maximum atomic E-state index is 12.3. The third-order valence-corrected chi connectivity index (χ3v) is 3.24. The lowest BCUT2D eigenvalue weighted by molar-refractivity contribution is -0.0324. The van der Waals surface area contributed by atoms with E-state index in [1.807, 2.05) is 74.5 Å². The van der Waals surface area contributed by atoms with Gasteiger partial charge in [0.25, 0.3) is 0 Å². The van der Waals surface area contributed by atoms with Crippen molar-refractivity contribution >= 4 is 11.8 Å². The number of hydroxylamine groups is 1. The second-order valence-electron chi connectivity index (χ2n) is 5.84. The van der Waals surface area contributed by atoms with E-state index in [1.54, 1.807) is 6.92 Å². The molecule has 0 bridgehead atoms. The molecule has 2 rings (SSSR count). The molecule has 0 aliphatic carbocycles. The fourth-order valence-electron chi connectivity index (χ4n) is 2.31. The molecule has 2 aromatic rings. The number of hydrogen-bond donors (Lipinski definition) is 0. The minimum atomic E-state index is -0.566. The van der Waals surface area contributed by atoms with Crippen molar-refractivity contribution in [3.05, 3.63) is 66.2 Å². The molecule has 0 aromatic heterocycles. The van der Waals surface area contributed by atoms with Crippen molar-refractivity contribution in [3.8, 4) is 0 Å². The Labute approximate surface area is 137 Å². The Morgan fingerprint density at radius 2 is 1.57 bits per heavy atom. The van der Waals surface area contributed by atoms with Crippen molar-refractivity contribution in [2.75, 3.05) is 11.7 Å². The highest BCUT2D eigenvalue weighted by molar-refractivity contribution is 5.85. The molecule has 122 valence electrons. The number of ether oxygens (including phenoxy) is 1. The quantitative estimate of drug-likeness (QED) is 0.731. The summed E-state index contributed by atoms with van der Waals surface area (Å²) in [5.41, 5.74) is 1.23. The minimum Gasteiger partial charge on any atom is -0.448 e. The normalized spacial score (nSPS) is 11.1. The van der Waals surface area contributed by atoms with Gasteiger partial charge in [0, 0.05) is 6.42 Å². The van der Waals surface area contributed by atoms with Gasteiger partial charge in [0.05, 0.1) is 17.9 Å². The molecule has 0 heterocycles. The molecular weight excluding hydrogens is 290 g/mol. The average Bonchev–Trinajstić information content (AvgIpc) is 2.54. The summed E-state index contributed by atoms with van der Waals surface area (Å²) in [7, 11) is 0. The third-order valence-electron chi connectivity index (χ3n) is 3.24. The summed E-state index contributed by atoms with van der Waals surface area (Å²) in [5, 5.41) is 1.23. The van der Waals surface area contributed by atoms with Gasteiger partial charge >= 0.3 is 6.09 Å². The third kappa shape index (κ3) is 5.11. The summed E-state index contributed by atoms with van der Waals surface area (Å²) in [4.78, 5) is 18.3. The smallest absolute Gasteiger partial charge is 0.438 e. The highest BCUT2D eigenvalue weighted by atomic mass is 16.7. The molecule has 0 radical (unpaired) electrons. The van der Waals surface area contributed by atoms with Crippen LogP contribution in [0.5, 0.6) is 0 Å². The Morgan fingerprint density at radius 1 is 1.00 bits per heavy atom. The van der Waals surface area contributed by atoms with Crippen molar-refractivity contribution in [1.29, 1.82) is 0 Å². The summed E-state index contributed by atoms with van der Waals surface area (Å²) in [6.07, 6.45) is 0.163. The molecule has 1 amide bonds. The summed E-state index contributed by atoms with van der Waals surface area (Å²) < 4.78 is 5.12. The van der Waals surface area contributed by atoms with Crippen LogP contribution < -0.4 is 5.06 Å². The zero-order valence-electron chi connectivity index (χ0n) is 13.9. The first kappa shape index (κ1) is 17.0. The Kier molecular flexibility index (Phi) is 5.77. The summed E-state index contributed by atoms with van der Waals surface area (Å²) in [6.45, 7) is 5.98. The Balaban J connectivity index is 2.17. The van der Waals surface area contributed by atoms with E-state index in [2.05, 4.69) is 0 Å². The molecule has 2 aromatic carbocycles. The van der Waals surface area contributed by atoms with Gasteiger partial charge in [-0.2, -0.15) is 5.06 Å². The van der Waals surface area contributed by atoms with Gasteiger partial charge in [-0.15, -0.1) is 0 Å². The average molecular weight is 313 g/mol. The number of amides is 1. The number of nitrogens with zero attached hydrogens (tertiary/aromatic N) is 1. The van der Waals surface area contributed by atoms with Crippen LogP contribution in [0.4, 0.5) is 10.5 Å². The van der Waals surface area contributed by atoms with Gasteiger partial charge in [-0.3, -0.25) is 4.84 Å². The summed E-state index contributed by atoms with van der Waals surface area (Å²) >= 11 is 0. The van der Waals surface area contributed by atoms with Crippen molar-refractivity contribution in [2.24, 2.45) is 0 Å². The van der Waals surface area contributed by atoms with Gasteiger partial charge < -0.3 is 4.74 Å². The highest BCUT2D eigenvalue weighted by Gasteiger charge is 2.28. The van der Waals surface area contributed by atoms with E-state index in [9.17, 15) is 4.79 Å². The van der Waals surface area contributed by atoms with Gasteiger partial charge in [0.2, 0.25) is 0 Å². The molecule has 0 spiro atoms. The largest absolute Gasteiger partial charge is 0.448 e. The van der Waals surface area contributed by atoms with Crippen molar-refractivity contribution in [3.63, 3.8) is 0 Å². The molecule has 4 nitrogen and oxygen atoms in total. The van der Waals surface area contributed by atoms with Crippen LogP contribution >= 0.6 is 0 Å². The lowest BCUT2D eigenvalue weighted by Crippen LogP contribution is -2.41. The lowest BCUT2D eigenvalue weighted by atomic mass is 9.99. The van der Waals surface area contributed by atoms with Crippen LogP contribution in [0.2, 0.25) is 0 Å². The highest BCUT2D eigenvalue weighted by Crippen LogP contribution is 2.24. The first-order valence-electron chi connectivity index (χ1n) is 7.77. The van der Waals surface area contributed by atoms with Crippen LogP contribution in [0.1, 0.15) is 26.3 Å². The van der Waals surface area contributed by atoms with E-state index in [1.165, 1.54) is 5.06 Å². The fourth-order valence-corrected chi connectivity index (χ4v) is 2.31. The monoisotopic (exact) mass is 313 g/mol. The molecule has 0 saturated heterocycles. The van der Waals surface area contributed by atoms with Crippen molar-refractivity contribution in [1.82, 2.24) is 0 Å². The van der Waals surface area contributed by atoms with E-state index < -0.39 is 11.7 Å². The standard InChI is InChI=1S/C19H23NO3/c1-4-22-18(21)20(17-13-9-6-10-14-17)23-19(2,3)15-16-11-7-5-8-12-16/h5-14H,4,15H2,1-3H3. The second kappa shape index (κ2) is 7.79. The molecule has 0 aliphatic rings. The molecule has 0 saturated carbocycles. The van der Waals surface area contributed by atoms with Crippen LogP contribution in [0.3, 0.4) is 0 Å². The number of benzene rings is 2. The minimum absolute atomic E-state index is 0.296. The summed E-state index contributed by atoms with van der Waals surface area (Å²) in [6, 6.07) is 19.3. The topological polar surface area (TPSA) is 38.8 Å². The maximum Gasteiger partial charge on any atom is 0.438 e. The number of carbonyl (C=O) groups is 1. The van der Waals surface area contributed by atoms with Gasteiger partial charge in [-0.1, -0.05) is 48.5 Å². The fraction of sp³-hybridized carbons (Fsp3) is 0.316. The Hall–Kier alpha value is -2.33. The molecule has 0 N–H and O–H groups in total. The van der Waals surface area contributed by atoms with Crippen molar-refractivity contribution < 1.29 is 14.4 Å². The molecule has 23 heavy (non-hydrogen) atoms. The van der Waals surface area contributed by atoms with Gasteiger partial charge in [-0.05, 0) is 38.5 Å². The number of anilines is 1. The van der Waals surface area contributed by atoms with Crippen LogP contribution in [0.15, 0.2) is 60.7 Å². The van der Waals surface area contributed by atoms with Gasteiger partial charge in [0.1, 0.15) is 0 Å². The molecule has 0 aliphatic heterocycles. The maximum absolute atomic E-state index is 12.3. The first-order chi connectivity index (χ1) is 11.0.